The minimum Gasteiger partial charge on any atom is -0.335 e. The monoisotopic (exact) mass is 198 g/mol. The van der Waals surface area contributed by atoms with Gasteiger partial charge >= 0.3 is 0 Å². The lowest BCUT2D eigenvalue weighted by Gasteiger charge is -2.00. The summed E-state index contributed by atoms with van der Waals surface area (Å²) in [5.41, 5.74) is 0. The van der Waals surface area contributed by atoms with E-state index in [4.69, 9.17) is 4.52 Å². The Labute approximate surface area is 82.6 Å². The number of hydrogen-bond donors (Lipinski definition) is 0. The molecule has 13 heavy (non-hydrogen) atoms. The smallest absolute Gasteiger partial charge is 0.250 e. The largest absolute Gasteiger partial charge is 0.335 e. The molecule has 4 heteroatoms. The van der Waals surface area contributed by atoms with E-state index >= 15 is 0 Å². The Morgan fingerprint density at radius 3 is 2.92 bits per heavy atom. The van der Waals surface area contributed by atoms with E-state index in [2.05, 4.69) is 30.6 Å². The van der Waals surface area contributed by atoms with Gasteiger partial charge in [-0.15, -0.1) is 0 Å². The zero-order valence-corrected chi connectivity index (χ0v) is 8.80. The predicted molar refractivity (Wildman–Crippen MR) is 55.4 cm³/mol. The third-order valence-electron chi connectivity index (χ3n) is 1.34. The fraction of sp³-hybridized carbons (Fsp3) is 0.556. The molecule has 0 atom stereocenters. The van der Waals surface area contributed by atoms with Crippen LogP contribution in [0.1, 0.15) is 25.6 Å². The molecule has 1 aromatic heterocycles. The zero-order chi connectivity index (χ0) is 9.68. The number of thioether (sulfide) groups is 1. The summed E-state index contributed by atoms with van der Waals surface area (Å²) in [5, 5.41) is 3.81. The van der Waals surface area contributed by atoms with Crippen molar-refractivity contribution in [2.45, 2.75) is 19.6 Å². The molecular weight excluding hydrogens is 184 g/mol. The summed E-state index contributed by atoms with van der Waals surface area (Å²) in [4.78, 5) is 4.11. The summed E-state index contributed by atoms with van der Waals surface area (Å²) in [6.45, 7) is 7.94. The Hall–Kier alpha value is -0.770. The van der Waals surface area contributed by atoms with Gasteiger partial charge in [0.1, 0.15) is 0 Å². The lowest BCUT2D eigenvalue weighted by atomic mass is 10.3. The first-order valence-electron chi connectivity index (χ1n) is 4.25. The van der Waals surface area contributed by atoms with Gasteiger partial charge in [-0.3, -0.25) is 0 Å². The Morgan fingerprint density at radius 1 is 1.62 bits per heavy atom. The van der Waals surface area contributed by atoms with Gasteiger partial charge in [-0.1, -0.05) is 25.6 Å². The van der Waals surface area contributed by atoms with Gasteiger partial charge in [0.2, 0.25) is 5.89 Å². The van der Waals surface area contributed by atoms with Gasteiger partial charge in [-0.05, 0) is 17.7 Å². The fourth-order valence-corrected chi connectivity index (χ4v) is 1.68. The standard InChI is InChI=1S/C9H14N2OS/c1-4-9-10-8(11-12-9)6-13-5-7(2)3/h4,7H,1,5-6H2,2-3H3. The van der Waals surface area contributed by atoms with Crippen LogP contribution in [0, 0.1) is 5.92 Å². The molecule has 0 amide bonds. The first kappa shape index (κ1) is 10.3. The van der Waals surface area contributed by atoms with Crippen molar-refractivity contribution >= 4 is 17.8 Å². The van der Waals surface area contributed by atoms with Crippen molar-refractivity contribution < 1.29 is 4.52 Å². The first-order valence-corrected chi connectivity index (χ1v) is 5.40. The molecule has 0 aliphatic heterocycles. The van der Waals surface area contributed by atoms with Gasteiger partial charge < -0.3 is 4.52 Å². The van der Waals surface area contributed by atoms with Crippen LogP contribution < -0.4 is 0 Å². The molecule has 0 aliphatic carbocycles. The van der Waals surface area contributed by atoms with Crippen molar-refractivity contribution in [2.75, 3.05) is 5.75 Å². The third-order valence-corrected chi connectivity index (χ3v) is 2.71. The maximum atomic E-state index is 4.88. The quantitative estimate of drug-likeness (QED) is 0.729. The Bertz CT molecular complexity index is 270. The average molecular weight is 198 g/mol. The zero-order valence-electron chi connectivity index (χ0n) is 7.99. The molecule has 72 valence electrons. The minimum absolute atomic E-state index is 0.500. The van der Waals surface area contributed by atoms with E-state index in [0.29, 0.717) is 11.8 Å². The first-order chi connectivity index (χ1) is 6.22. The molecule has 1 rings (SSSR count). The minimum atomic E-state index is 0.500. The molecule has 1 aromatic rings. The van der Waals surface area contributed by atoms with E-state index in [-0.39, 0.29) is 0 Å². The predicted octanol–water partition coefficient (Wildman–Crippen LogP) is 2.60. The lowest BCUT2D eigenvalue weighted by Crippen LogP contribution is -1.92. The van der Waals surface area contributed by atoms with Crippen LogP contribution in [0.4, 0.5) is 0 Å². The molecule has 0 bridgehead atoms. The van der Waals surface area contributed by atoms with Crippen molar-refractivity contribution in [3.05, 3.63) is 18.3 Å². The second-order valence-electron chi connectivity index (χ2n) is 3.16. The van der Waals surface area contributed by atoms with Gasteiger partial charge in [0, 0.05) is 0 Å². The number of aromatic nitrogens is 2. The average Bonchev–Trinajstić information content (AvgIpc) is 2.52. The van der Waals surface area contributed by atoms with Crippen LogP contribution in [-0.4, -0.2) is 15.9 Å². The molecule has 1 heterocycles. The van der Waals surface area contributed by atoms with E-state index in [9.17, 15) is 0 Å². The van der Waals surface area contributed by atoms with Gasteiger partial charge in [-0.2, -0.15) is 16.7 Å². The third kappa shape index (κ3) is 3.63. The van der Waals surface area contributed by atoms with Crippen LogP contribution >= 0.6 is 11.8 Å². The second-order valence-corrected chi connectivity index (χ2v) is 4.19. The van der Waals surface area contributed by atoms with Crippen LogP contribution in [0.15, 0.2) is 11.1 Å². The molecule has 0 saturated carbocycles. The summed E-state index contributed by atoms with van der Waals surface area (Å²) in [6, 6.07) is 0. The number of rotatable bonds is 5. The number of nitrogens with zero attached hydrogens (tertiary/aromatic N) is 2. The van der Waals surface area contributed by atoms with Crippen LogP contribution in [0.5, 0.6) is 0 Å². The van der Waals surface area contributed by atoms with Gasteiger partial charge in [0.05, 0.1) is 5.75 Å². The molecule has 0 aromatic carbocycles. The van der Waals surface area contributed by atoms with Crippen LogP contribution in [0.2, 0.25) is 0 Å². The summed E-state index contributed by atoms with van der Waals surface area (Å²) < 4.78 is 4.88. The van der Waals surface area contributed by atoms with Gasteiger partial charge in [-0.25, -0.2) is 0 Å². The van der Waals surface area contributed by atoms with E-state index in [1.54, 1.807) is 6.08 Å². The highest BCUT2D eigenvalue weighted by atomic mass is 32.2. The van der Waals surface area contributed by atoms with E-state index in [0.717, 1.165) is 17.3 Å². The Balaban J connectivity index is 2.32. The van der Waals surface area contributed by atoms with E-state index in [1.165, 1.54) is 0 Å². The molecule has 0 spiro atoms. The van der Waals surface area contributed by atoms with Crippen LogP contribution in [0.25, 0.3) is 6.08 Å². The molecule has 0 fully saturated rings. The Morgan fingerprint density at radius 2 is 2.38 bits per heavy atom. The molecular formula is C9H14N2OS. The van der Waals surface area contributed by atoms with E-state index < -0.39 is 0 Å². The highest BCUT2D eigenvalue weighted by Gasteiger charge is 2.03. The molecule has 0 radical (unpaired) electrons. The van der Waals surface area contributed by atoms with Crippen molar-refractivity contribution in [2.24, 2.45) is 5.92 Å². The van der Waals surface area contributed by atoms with Gasteiger partial charge in [0.25, 0.3) is 0 Å². The summed E-state index contributed by atoms with van der Waals surface area (Å²) in [5.74, 6) is 3.89. The topological polar surface area (TPSA) is 38.9 Å². The van der Waals surface area contributed by atoms with Crippen molar-refractivity contribution in [3.63, 3.8) is 0 Å². The summed E-state index contributed by atoms with van der Waals surface area (Å²) in [6.07, 6.45) is 1.56. The van der Waals surface area contributed by atoms with Crippen molar-refractivity contribution in [1.82, 2.24) is 10.1 Å². The molecule has 3 nitrogen and oxygen atoms in total. The fourth-order valence-electron chi connectivity index (χ4n) is 0.795. The van der Waals surface area contributed by atoms with Crippen LogP contribution in [0.3, 0.4) is 0 Å². The lowest BCUT2D eigenvalue weighted by molar-refractivity contribution is 0.405. The van der Waals surface area contributed by atoms with Crippen molar-refractivity contribution in [3.8, 4) is 0 Å². The molecule has 0 unspecified atom stereocenters. The normalized spacial score (nSPS) is 10.7. The summed E-state index contributed by atoms with van der Waals surface area (Å²) in [7, 11) is 0. The van der Waals surface area contributed by atoms with E-state index in [1.807, 2.05) is 11.8 Å². The van der Waals surface area contributed by atoms with Crippen molar-refractivity contribution in [1.29, 1.82) is 0 Å². The maximum Gasteiger partial charge on any atom is 0.250 e. The molecule has 0 aliphatic rings. The SMILES string of the molecule is C=Cc1nc(CSCC(C)C)no1. The molecule has 0 saturated heterocycles. The highest BCUT2D eigenvalue weighted by Crippen LogP contribution is 2.13. The summed E-state index contributed by atoms with van der Waals surface area (Å²) >= 11 is 1.82. The molecule has 0 N–H and O–H groups in total. The second kappa shape index (κ2) is 5.07. The maximum absolute atomic E-state index is 4.88. The van der Waals surface area contributed by atoms with Crippen LogP contribution in [-0.2, 0) is 5.75 Å². The Kier molecular flexibility index (Phi) is 4.02. The highest BCUT2D eigenvalue weighted by molar-refractivity contribution is 7.98. The van der Waals surface area contributed by atoms with Gasteiger partial charge in [0.15, 0.2) is 5.82 Å². The number of hydrogen-bond acceptors (Lipinski definition) is 4.